The van der Waals surface area contributed by atoms with Crippen molar-refractivity contribution < 1.29 is 8.42 Å². The summed E-state index contributed by atoms with van der Waals surface area (Å²) in [6, 6.07) is 15.2. The van der Waals surface area contributed by atoms with Gasteiger partial charge >= 0.3 is 0 Å². The monoisotopic (exact) mass is 355 g/mol. The van der Waals surface area contributed by atoms with Crippen molar-refractivity contribution in [2.45, 2.75) is 24.4 Å². The zero-order chi connectivity index (χ0) is 17.9. The second kappa shape index (κ2) is 7.21. The molecule has 3 aromatic rings. The first-order chi connectivity index (χ1) is 12.0. The van der Waals surface area contributed by atoms with Crippen LogP contribution in [0.25, 0.3) is 0 Å². The molecule has 0 spiro atoms. The third-order valence-corrected chi connectivity index (χ3v) is 5.26. The van der Waals surface area contributed by atoms with Gasteiger partial charge in [0.25, 0.3) is 0 Å². The Hall–Kier alpha value is -2.44. The van der Waals surface area contributed by atoms with E-state index >= 15 is 0 Å². The molecule has 2 N–H and O–H groups in total. The fourth-order valence-electron chi connectivity index (χ4n) is 2.67. The van der Waals surface area contributed by atoms with Crippen molar-refractivity contribution in [3.05, 3.63) is 83.4 Å². The number of rotatable bonds is 6. The summed E-state index contributed by atoms with van der Waals surface area (Å²) in [6.45, 7) is 1.28. The van der Waals surface area contributed by atoms with Crippen molar-refractivity contribution in [3.63, 3.8) is 0 Å². The third kappa shape index (κ3) is 4.35. The van der Waals surface area contributed by atoms with Crippen LogP contribution in [-0.4, -0.2) is 24.2 Å². The van der Waals surface area contributed by atoms with Gasteiger partial charge < -0.3 is 10.3 Å². The molecule has 0 unspecified atom stereocenters. The van der Waals surface area contributed by atoms with Gasteiger partial charge in [-0.1, -0.05) is 36.4 Å². The first-order valence-corrected chi connectivity index (χ1v) is 9.92. The fourth-order valence-corrected chi connectivity index (χ4v) is 3.30. The summed E-state index contributed by atoms with van der Waals surface area (Å²) in [6.07, 6.45) is 5.61. The average Bonchev–Trinajstić information content (AvgIpc) is 3.02. The fraction of sp³-hybridized carbons (Fsp3) is 0.211. The Kier molecular flexibility index (Phi) is 5.01. The van der Waals surface area contributed by atoms with E-state index in [1.165, 1.54) is 11.8 Å². The maximum Gasteiger partial charge on any atom is 0.175 e. The molecule has 1 heterocycles. The van der Waals surface area contributed by atoms with E-state index in [4.69, 9.17) is 5.73 Å². The molecule has 6 heteroatoms. The number of hydrogen-bond acceptors (Lipinski definition) is 4. The topological polar surface area (TPSA) is 78.0 Å². The summed E-state index contributed by atoms with van der Waals surface area (Å²) < 4.78 is 25.2. The van der Waals surface area contributed by atoms with Gasteiger partial charge in [0.15, 0.2) is 9.84 Å². The zero-order valence-electron chi connectivity index (χ0n) is 14.1. The largest absolute Gasteiger partial charge is 0.330 e. The molecular formula is C19H21N3O2S. The summed E-state index contributed by atoms with van der Waals surface area (Å²) in [5.74, 6) is 0.940. The first-order valence-electron chi connectivity index (χ1n) is 8.02. The molecule has 0 fully saturated rings. The van der Waals surface area contributed by atoms with E-state index < -0.39 is 9.84 Å². The lowest BCUT2D eigenvalue weighted by Crippen LogP contribution is -2.06. The van der Waals surface area contributed by atoms with E-state index in [2.05, 4.69) is 21.7 Å². The van der Waals surface area contributed by atoms with Gasteiger partial charge in [0, 0.05) is 38.2 Å². The van der Waals surface area contributed by atoms with Gasteiger partial charge in [0.2, 0.25) is 0 Å². The highest BCUT2D eigenvalue weighted by molar-refractivity contribution is 7.90. The van der Waals surface area contributed by atoms with Gasteiger partial charge in [-0.25, -0.2) is 13.4 Å². The van der Waals surface area contributed by atoms with Crippen LogP contribution in [0.1, 0.15) is 22.5 Å². The molecule has 3 rings (SSSR count). The Labute approximate surface area is 148 Å². The van der Waals surface area contributed by atoms with Crippen molar-refractivity contribution in [3.8, 4) is 0 Å². The van der Waals surface area contributed by atoms with E-state index in [0.29, 0.717) is 17.9 Å². The standard InChI is InChI=1S/C19H21N3O2S/c1-25(23,24)18-8-6-15(7-9-18)12-19-21-10-11-22(19)14-17-4-2-16(13-20)3-5-17/h2-11H,12-14,20H2,1H3. The number of nitrogens with two attached hydrogens (primary N) is 1. The molecule has 0 aliphatic carbocycles. The highest BCUT2D eigenvalue weighted by Crippen LogP contribution is 2.14. The zero-order valence-corrected chi connectivity index (χ0v) is 14.9. The molecule has 130 valence electrons. The maximum absolute atomic E-state index is 11.5. The van der Waals surface area contributed by atoms with Crippen LogP contribution in [-0.2, 0) is 29.3 Å². The Morgan fingerprint density at radius 3 is 2.16 bits per heavy atom. The van der Waals surface area contributed by atoms with Crippen LogP contribution in [0.2, 0.25) is 0 Å². The molecule has 0 bridgehead atoms. The van der Waals surface area contributed by atoms with Crippen molar-refractivity contribution >= 4 is 9.84 Å². The summed E-state index contributed by atoms with van der Waals surface area (Å²) in [7, 11) is -3.17. The molecule has 1 aromatic heterocycles. The lowest BCUT2D eigenvalue weighted by atomic mass is 10.1. The number of sulfone groups is 1. The van der Waals surface area contributed by atoms with Crippen LogP contribution in [0.3, 0.4) is 0 Å². The molecule has 5 nitrogen and oxygen atoms in total. The number of hydrogen-bond donors (Lipinski definition) is 1. The Balaban J connectivity index is 1.75. The molecular weight excluding hydrogens is 334 g/mol. The predicted molar refractivity (Wildman–Crippen MR) is 98.0 cm³/mol. The lowest BCUT2D eigenvalue weighted by molar-refractivity contribution is 0.602. The molecule has 0 atom stereocenters. The Morgan fingerprint density at radius 2 is 1.56 bits per heavy atom. The van der Waals surface area contributed by atoms with Crippen molar-refractivity contribution in [2.24, 2.45) is 5.73 Å². The number of imidazole rings is 1. The minimum Gasteiger partial charge on any atom is -0.330 e. The Morgan fingerprint density at radius 1 is 0.960 bits per heavy atom. The summed E-state index contributed by atoms with van der Waals surface area (Å²) >= 11 is 0. The normalized spacial score (nSPS) is 11.6. The molecule has 0 amide bonds. The van der Waals surface area contributed by atoms with Gasteiger partial charge in [-0.15, -0.1) is 0 Å². The van der Waals surface area contributed by atoms with Crippen LogP contribution >= 0.6 is 0 Å². The highest BCUT2D eigenvalue weighted by Gasteiger charge is 2.09. The van der Waals surface area contributed by atoms with Crippen LogP contribution < -0.4 is 5.73 Å². The molecule has 0 aliphatic rings. The smallest absolute Gasteiger partial charge is 0.175 e. The van der Waals surface area contributed by atoms with Gasteiger partial charge in [0.05, 0.1) is 4.90 Å². The van der Waals surface area contributed by atoms with Crippen molar-refractivity contribution in [1.82, 2.24) is 9.55 Å². The third-order valence-electron chi connectivity index (χ3n) is 4.13. The summed E-state index contributed by atoms with van der Waals surface area (Å²) in [5, 5.41) is 0. The van der Waals surface area contributed by atoms with E-state index in [1.807, 2.05) is 30.5 Å². The molecule has 0 saturated heterocycles. The molecule has 0 aliphatic heterocycles. The Bertz CT molecular complexity index is 943. The van der Waals surface area contributed by atoms with E-state index in [9.17, 15) is 8.42 Å². The second-order valence-corrected chi connectivity index (χ2v) is 8.10. The SMILES string of the molecule is CS(=O)(=O)c1ccc(Cc2nccn2Cc2ccc(CN)cc2)cc1. The van der Waals surface area contributed by atoms with Gasteiger partial charge in [-0.05, 0) is 28.8 Å². The van der Waals surface area contributed by atoms with E-state index in [1.54, 1.807) is 18.3 Å². The number of benzene rings is 2. The first kappa shape index (κ1) is 17.4. The van der Waals surface area contributed by atoms with Crippen molar-refractivity contribution in [1.29, 1.82) is 0 Å². The van der Waals surface area contributed by atoms with Crippen LogP contribution in [0.4, 0.5) is 0 Å². The van der Waals surface area contributed by atoms with Crippen molar-refractivity contribution in [2.75, 3.05) is 6.26 Å². The summed E-state index contributed by atoms with van der Waals surface area (Å²) in [4.78, 5) is 4.77. The summed E-state index contributed by atoms with van der Waals surface area (Å²) in [5.41, 5.74) is 8.95. The lowest BCUT2D eigenvalue weighted by Gasteiger charge is -2.09. The quantitative estimate of drug-likeness (QED) is 0.736. The number of aromatic nitrogens is 2. The minimum absolute atomic E-state index is 0.333. The second-order valence-electron chi connectivity index (χ2n) is 6.08. The van der Waals surface area contributed by atoms with Gasteiger partial charge in [0.1, 0.15) is 5.82 Å². The maximum atomic E-state index is 11.5. The van der Waals surface area contributed by atoms with Crippen LogP contribution in [0.5, 0.6) is 0 Å². The van der Waals surface area contributed by atoms with E-state index in [-0.39, 0.29) is 0 Å². The number of nitrogens with zero attached hydrogens (tertiary/aromatic N) is 2. The molecule has 2 aromatic carbocycles. The van der Waals surface area contributed by atoms with Crippen LogP contribution in [0.15, 0.2) is 65.8 Å². The minimum atomic E-state index is -3.17. The molecule has 0 saturated carbocycles. The van der Waals surface area contributed by atoms with Gasteiger partial charge in [-0.2, -0.15) is 0 Å². The predicted octanol–water partition coefficient (Wildman–Crippen LogP) is 2.38. The average molecular weight is 355 g/mol. The van der Waals surface area contributed by atoms with E-state index in [0.717, 1.165) is 23.5 Å². The van der Waals surface area contributed by atoms with Gasteiger partial charge in [-0.3, -0.25) is 0 Å². The highest BCUT2D eigenvalue weighted by atomic mass is 32.2. The molecule has 25 heavy (non-hydrogen) atoms. The molecule has 0 radical (unpaired) electrons. The van der Waals surface area contributed by atoms with Crippen LogP contribution in [0, 0.1) is 0 Å².